The Labute approximate surface area is 146 Å². The predicted molar refractivity (Wildman–Crippen MR) is 92.5 cm³/mol. The lowest BCUT2D eigenvalue weighted by molar-refractivity contribution is -0.0757. The molecule has 0 radical (unpaired) electrons. The van der Waals surface area contributed by atoms with E-state index in [1.165, 1.54) is 32.4 Å². The van der Waals surface area contributed by atoms with E-state index >= 15 is 0 Å². The van der Waals surface area contributed by atoms with Crippen molar-refractivity contribution in [1.29, 1.82) is 0 Å². The van der Waals surface area contributed by atoms with Crippen molar-refractivity contribution in [3.8, 4) is 0 Å². The number of carbonyl (C=O) groups excluding carboxylic acids is 1. The number of hydrogen-bond acceptors (Lipinski definition) is 4. The van der Waals surface area contributed by atoms with Crippen molar-refractivity contribution in [2.45, 2.75) is 11.8 Å². The van der Waals surface area contributed by atoms with Crippen LogP contribution in [0.5, 0.6) is 0 Å². The van der Waals surface area contributed by atoms with E-state index in [-0.39, 0.29) is 15.5 Å². The molecular weight excluding hydrogens is 352 g/mol. The second-order valence-electron chi connectivity index (χ2n) is 5.10. The van der Waals surface area contributed by atoms with Crippen molar-refractivity contribution < 1.29 is 18.0 Å². The van der Waals surface area contributed by atoms with E-state index in [1.807, 2.05) is 13.0 Å². The molecule has 0 saturated heterocycles. The van der Waals surface area contributed by atoms with Gasteiger partial charge in [-0.2, -0.15) is 0 Å². The molecule has 1 N–H and O–H groups in total. The Morgan fingerprint density at radius 2 is 1.92 bits per heavy atom. The minimum Gasteiger partial charge on any atom is -0.280 e. The highest BCUT2D eigenvalue weighted by Crippen LogP contribution is 2.24. The van der Waals surface area contributed by atoms with Crippen LogP contribution < -0.4 is 4.72 Å². The van der Waals surface area contributed by atoms with Crippen LogP contribution in [0.15, 0.2) is 47.4 Å². The average molecular weight is 369 g/mol. The molecule has 0 saturated carbocycles. The van der Waals surface area contributed by atoms with Gasteiger partial charge in [-0.1, -0.05) is 23.7 Å². The van der Waals surface area contributed by atoms with Crippen LogP contribution in [0, 0.1) is 6.92 Å². The van der Waals surface area contributed by atoms with Gasteiger partial charge in [-0.25, -0.2) is 13.5 Å². The molecule has 24 heavy (non-hydrogen) atoms. The summed E-state index contributed by atoms with van der Waals surface area (Å²) in [6, 6.07) is 10.9. The summed E-state index contributed by atoms with van der Waals surface area (Å²) in [6.45, 7) is 1.86. The highest BCUT2D eigenvalue weighted by molar-refractivity contribution is 7.92. The number of hydroxylamine groups is 2. The molecular formula is C16H17ClN2O4S. The molecule has 0 heterocycles. The Bertz CT molecular complexity index is 868. The minimum absolute atomic E-state index is 0.0353. The predicted octanol–water partition coefficient (Wildman–Crippen LogP) is 3.08. The number of carbonyl (C=O) groups is 1. The summed E-state index contributed by atoms with van der Waals surface area (Å²) in [5.41, 5.74) is 1.39. The zero-order valence-electron chi connectivity index (χ0n) is 13.4. The third kappa shape index (κ3) is 4.05. The van der Waals surface area contributed by atoms with Crippen LogP contribution in [0.2, 0.25) is 5.02 Å². The highest BCUT2D eigenvalue weighted by Gasteiger charge is 2.21. The summed E-state index contributed by atoms with van der Waals surface area (Å²) >= 11 is 6.00. The first-order valence-corrected chi connectivity index (χ1v) is 8.82. The summed E-state index contributed by atoms with van der Waals surface area (Å²) in [7, 11) is -1.12. The first kappa shape index (κ1) is 18.3. The van der Waals surface area contributed by atoms with E-state index < -0.39 is 15.9 Å². The van der Waals surface area contributed by atoms with E-state index in [0.29, 0.717) is 5.69 Å². The SMILES string of the molecule is CON(C)C(=O)c1cc(S(=O)(=O)Nc2cccc(C)c2)ccc1Cl. The molecule has 2 aromatic rings. The average Bonchev–Trinajstić information content (AvgIpc) is 2.53. The van der Waals surface area contributed by atoms with Crippen LogP contribution in [0.4, 0.5) is 5.69 Å². The third-order valence-electron chi connectivity index (χ3n) is 3.31. The fourth-order valence-corrected chi connectivity index (χ4v) is 3.28. The van der Waals surface area contributed by atoms with Crippen molar-refractivity contribution in [2.24, 2.45) is 0 Å². The number of halogens is 1. The lowest BCUT2D eigenvalue weighted by atomic mass is 10.2. The molecule has 0 aromatic heterocycles. The number of sulfonamides is 1. The van der Waals surface area contributed by atoms with Crippen LogP contribution >= 0.6 is 11.6 Å². The Hall–Kier alpha value is -2.09. The van der Waals surface area contributed by atoms with Gasteiger partial charge >= 0.3 is 0 Å². The number of nitrogens with zero attached hydrogens (tertiary/aromatic N) is 1. The van der Waals surface area contributed by atoms with Gasteiger partial charge in [0.05, 0.1) is 22.6 Å². The van der Waals surface area contributed by atoms with Gasteiger partial charge < -0.3 is 0 Å². The zero-order chi connectivity index (χ0) is 17.9. The van der Waals surface area contributed by atoms with Gasteiger partial charge in [0, 0.05) is 12.7 Å². The van der Waals surface area contributed by atoms with Crippen molar-refractivity contribution in [3.63, 3.8) is 0 Å². The van der Waals surface area contributed by atoms with Gasteiger partial charge in [-0.3, -0.25) is 14.4 Å². The molecule has 2 aromatic carbocycles. The molecule has 0 bridgehead atoms. The smallest absolute Gasteiger partial charge is 0.278 e. The molecule has 0 atom stereocenters. The number of benzene rings is 2. The van der Waals surface area contributed by atoms with Gasteiger partial charge in [0.25, 0.3) is 15.9 Å². The lowest BCUT2D eigenvalue weighted by Crippen LogP contribution is -2.26. The quantitative estimate of drug-likeness (QED) is 0.823. The zero-order valence-corrected chi connectivity index (χ0v) is 15.0. The van der Waals surface area contributed by atoms with Crippen LogP contribution in [0.1, 0.15) is 15.9 Å². The standard InChI is InChI=1S/C16H17ClN2O4S/c1-11-5-4-6-12(9-11)18-24(21,22)13-7-8-15(17)14(10-13)16(20)19(2)23-3/h4-10,18H,1-3H3. The number of aryl methyl sites for hydroxylation is 1. The van der Waals surface area contributed by atoms with E-state index in [0.717, 1.165) is 10.6 Å². The topological polar surface area (TPSA) is 75.7 Å². The highest BCUT2D eigenvalue weighted by atomic mass is 35.5. The first-order valence-electron chi connectivity index (χ1n) is 6.96. The molecule has 0 fully saturated rings. The molecule has 1 amide bonds. The molecule has 0 aliphatic rings. The molecule has 6 nitrogen and oxygen atoms in total. The summed E-state index contributed by atoms with van der Waals surface area (Å²) in [5.74, 6) is -0.546. The van der Waals surface area contributed by atoms with Crippen LogP contribution in [-0.4, -0.2) is 33.5 Å². The normalized spacial score (nSPS) is 11.2. The molecule has 0 aliphatic carbocycles. The van der Waals surface area contributed by atoms with Gasteiger partial charge in [0.15, 0.2) is 0 Å². The van der Waals surface area contributed by atoms with Crippen LogP contribution in [0.25, 0.3) is 0 Å². The van der Waals surface area contributed by atoms with Gasteiger partial charge in [0.1, 0.15) is 0 Å². The molecule has 128 valence electrons. The van der Waals surface area contributed by atoms with E-state index in [4.69, 9.17) is 16.4 Å². The van der Waals surface area contributed by atoms with Crippen molar-refractivity contribution in [2.75, 3.05) is 18.9 Å². The van der Waals surface area contributed by atoms with E-state index in [1.54, 1.807) is 18.2 Å². The van der Waals surface area contributed by atoms with Gasteiger partial charge in [0.2, 0.25) is 0 Å². The fourth-order valence-electron chi connectivity index (χ4n) is 2.01. The maximum Gasteiger partial charge on any atom is 0.278 e. The number of rotatable bonds is 5. The number of anilines is 1. The molecule has 8 heteroatoms. The van der Waals surface area contributed by atoms with Crippen LogP contribution in [-0.2, 0) is 14.9 Å². The number of nitrogens with one attached hydrogen (secondary N) is 1. The largest absolute Gasteiger partial charge is 0.280 e. The molecule has 2 rings (SSSR count). The van der Waals surface area contributed by atoms with Crippen LogP contribution in [0.3, 0.4) is 0 Å². The third-order valence-corrected chi connectivity index (χ3v) is 5.02. The van der Waals surface area contributed by atoms with Gasteiger partial charge in [-0.05, 0) is 42.8 Å². The number of amides is 1. The fraction of sp³-hybridized carbons (Fsp3) is 0.188. The first-order chi connectivity index (χ1) is 11.2. The summed E-state index contributed by atoms with van der Waals surface area (Å²) in [4.78, 5) is 16.9. The summed E-state index contributed by atoms with van der Waals surface area (Å²) < 4.78 is 27.5. The number of hydrogen-bond donors (Lipinski definition) is 1. The second kappa shape index (κ2) is 7.21. The lowest BCUT2D eigenvalue weighted by Gasteiger charge is -2.15. The Morgan fingerprint density at radius 1 is 1.21 bits per heavy atom. The second-order valence-corrected chi connectivity index (χ2v) is 7.19. The maximum atomic E-state index is 12.5. The van der Waals surface area contributed by atoms with Crippen molar-refractivity contribution >= 4 is 33.2 Å². The molecule has 0 aliphatic heterocycles. The summed E-state index contributed by atoms with van der Waals surface area (Å²) in [5, 5.41) is 1.10. The molecule has 0 unspecified atom stereocenters. The van der Waals surface area contributed by atoms with Gasteiger partial charge in [-0.15, -0.1) is 0 Å². The van der Waals surface area contributed by atoms with E-state index in [2.05, 4.69) is 4.72 Å². The van der Waals surface area contributed by atoms with E-state index in [9.17, 15) is 13.2 Å². The maximum absolute atomic E-state index is 12.5. The Morgan fingerprint density at radius 3 is 2.54 bits per heavy atom. The minimum atomic E-state index is -3.86. The monoisotopic (exact) mass is 368 g/mol. The Kier molecular flexibility index (Phi) is 5.48. The van der Waals surface area contributed by atoms with Crippen molar-refractivity contribution in [3.05, 3.63) is 58.6 Å². The Balaban J connectivity index is 2.39. The summed E-state index contributed by atoms with van der Waals surface area (Å²) in [6.07, 6.45) is 0. The molecule has 0 spiro atoms. The van der Waals surface area contributed by atoms with Crippen molar-refractivity contribution in [1.82, 2.24) is 5.06 Å².